The van der Waals surface area contributed by atoms with Crippen molar-refractivity contribution in [3.05, 3.63) is 56.0 Å². The molecule has 0 radical (unpaired) electrons. The molecule has 0 saturated carbocycles. The lowest BCUT2D eigenvalue weighted by atomic mass is 10.1. The second kappa shape index (κ2) is 5.52. The molecule has 17 heavy (non-hydrogen) atoms. The maximum absolute atomic E-state index is 9.14. The zero-order chi connectivity index (χ0) is 12.3. The minimum Gasteiger partial charge on any atom is -0.450 e. The van der Waals surface area contributed by atoms with Crippen molar-refractivity contribution in [2.45, 2.75) is 0 Å². The fourth-order valence-electron chi connectivity index (χ4n) is 1.37. The van der Waals surface area contributed by atoms with Crippen LogP contribution in [0.4, 0.5) is 0 Å². The van der Waals surface area contributed by atoms with Gasteiger partial charge in [-0.2, -0.15) is 5.26 Å². The molecule has 2 nitrogen and oxygen atoms in total. The number of allylic oxidation sites excluding steroid dienone is 1. The third kappa shape index (κ3) is 2.99. The Balaban J connectivity index is 2.41. The number of benzene rings is 1. The third-order valence-electron chi connectivity index (χ3n) is 2.16. The second-order valence-corrected chi connectivity index (χ2v) is 5.14. The molecular weight excluding hydrogens is 393 g/mol. The van der Waals surface area contributed by atoms with Crippen molar-refractivity contribution in [2.75, 3.05) is 0 Å². The lowest BCUT2D eigenvalue weighted by molar-refractivity contribution is 0.527. The van der Waals surface area contributed by atoms with Crippen LogP contribution in [0.1, 0.15) is 11.3 Å². The Kier molecular flexibility index (Phi) is 4.02. The largest absolute Gasteiger partial charge is 0.450 e. The molecule has 4 heteroatoms. The highest BCUT2D eigenvalue weighted by Crippen LogP contribution is 2.26. The van der Waals surface area contributed by atoms with Crippen LogP contribution in [-0.4, -0.2) is 0 Å². The van der Waals surface area contributed by atoms with Crippen molar-refractivity contribution >= 4 is 50.2 Å². The third-order valence-corrected chi connectivity index (χ3v) is 4.29. The van der Waals surface area contributed by atoms with Crippen LogP contribution in [-0.2, 0) is 0 Å². The Morgan fingerprint density at radius 3 is 2.59 bits per heavy atom. The zero-order valence-corrected chi connectivity index (χ0v) is 12.4. The van der Waals surface area contributed by atoms with Gasteiger partial charge in [0.25, 0.3) is 0 Å². The first-order chi connectivity index (χ1) is 8.20. The smallest absolute Gasteiger partial charge is 0.178 e. The van der Waals surface area contributed by atoms with Gasteiger partial charge < -0.3 is 4.42 Å². The van der Waals surface area contributed by atoms with Crippen LogP contribution in [0.25, 0.3) is 11.6 Å². The van der Waals surface area contributed by atoms with Crippen molar-refractivity contribution in [1.29, 1.82) is 5.26 Å². The van der Waals surface area contributed by atoms with Crippen LogP contribution < -0.4 is 0 Å². The highest BCUT2D eigenvalue weighted by molar-refractivity contribution is 14.1. The summed E-state index contributed by atoms with van der Waals surface area (Å²) in [4.78, 5) is 0. The first kappa shape index (κ1) is 12.4. The van der Waals surface area contributed by atoms with Gasteiger partial charge >= 0.3 is 0 Å². The first-order valence-corrected chi connectivity index (χ1v) is 6.70. The standard InChI is InChI=1S/C13H7BrINO/c14-12-7-11(17-13(12)15)6-10(8-16)9-4-2-1-3-5-9/h1-7H/b10-6+. The van der Waals surface area contributed by atoms with E-state index in [1.54, 1.807) is 6.08 Å². The Labute approximate surface area is 121 Å². The van der Waals surface area contributed by atoms with Crippen LogP contribution in [0.2, 0.25) is 0 Å². The van der Waals surface area contributed by atoms with Crippen molar-refractivity contribution in [1.82, 2.24) is 0 Å². The van der Waals surface area contributed by atoms with Gasteiger partial charge in [0.1, 0.15) is 5.76 Å². The van der Waals surface area contributed by atoms with E-state index in [2.05, 4.69) is 44.6 Å². The van der Waals surface area contributed by atoms with Gasteiger partial charge in [0.05, 0.1) is 16.1 Å². The van der Waals surface area contributed by atoms with E-state index in [1.807, 2.05) is 36.4 Å². The van der Waals surface area contributed by atoms with Crippen LogP contribution in [0.15, 0.2) is 45.3 Å². The normalized spacial score (nSPS) is 11.2. The fraction of sp³-hybridized carbons (Fsp3) is 0. The number of halogens is 2. The van der Waals surface area contributed by atoms with Gasteiger partial charge in [-0.1, -0.05) is 30.3 Å². The average molecular weight is 400 g/mol. The molecule has 2 aromatic rings. The van der Waals surface area contributed by atoms with Crippen LogP contribution in [0.5, 0.6) is 0 Å². The summed E-state index contributed by atoms with van der Waals surface area (Å²) in [7, 11) is 0. The van der Waals surface area contributed by atoms with E-state index in [1.165, 1.54) is 0 Å². The lowest BCUT2D eigenvalue weighted by Crippen LogP contribution is -1.79. The van der Waals surface area contributed by atoms with Crippen LogP contribution in [0.3, 0.4) is 0 Å². The molecule has 1 aromatic heterocycles. The molecule has 0 aliphatic rings. The SMILES string of the molecule is N#C/C(=C\c1cc(Br)c(I)o1)c1ccccc1. The molecule has 0 fully saturated rings. The fourth-order valence-corrected chi connectivity index (χ4v) is 2.09. The van der Waals surface area contributed by atoms with Gasteiger partial charge in [0.2, 0.25) is 0 Å². The molecule has 0 N–H and O–H groups in total. The Hall–Kier alpha value is -1.06. The van der Waals surface area contributed by atoms with Crippen molar-refractivity contribution < 1.29 is 4.42 Å². The molecule has 1 heterocycles. The highest BCUT2D eigenvalue weighted by Gasteiger charge is 2.06. The predicted molar refractivity (Wildman–Crippen MR) is 79.1 cm³/mol. The number of nitriles is 1. The molecule has 0 unspecified atom stereocenters. The lowest BCUT2D eigenvalue weighted by Gasteiger charge is -1.96. The van der Waals surface area contributed by atoms with Crippen molar-refractivity contribution in [3.8, 4) is 6.07 Å². The van der Waals surface area contributed by atoms with E-state index >= 15 is 0 Å². The van der Waals surface area contributed by atoms with E-state index in [-0.39, 0.29) is 0 Å². The van der Waals surface area contributed by atoms with Gasteiger partial charge in [0.15, 0.2) is 3.77 Å². The molecule has 0 saturated heterocycles. The summed E-state index contributed by atoms with van der Waals surface area (Å²) < 4.78 is 7.16. The minimum atomic E-state index is 0.586. The van der Waals surface area contributed by atoms with E-state index in [0.717, 1.165) is 13.8 Å². The van der Waals surface area contributed by atoms with E-state index < -0.39 is 0 Å². The Bertz CT molecular complexity index is 576. The molecule has 0 atom stereocenters. The average Bonchev–Trinajstić information content (AvgIpc) is 2.67. The number of hydrogen-bond donors (Lipinski definition) is 0. The van der Waals surface area contributed by atoms with E-state index in [9.17, 15) is 0 Å². The summed E-state index contributed by atoms with van der Waals surface area (Å²) in [6, 6.07) is 13.6. The van der Waals surface area contributed by atoms with Crippen LogP contribution in [0, 0.1) is 15.1 Å². The Morgan fingerprint density at radius 1 is 1.35 bits per heavy atom. The number of furan rings is 1. The van der Waals surface area contributed by atoms with Gasteiger partial charge in [-0.3, -0.25) is 0 Å². The molecule has 0 aliphatic heterocycles. The maximum Gasteiger partial charge on any atom is 0.178 e. The molecule has 0 aliphatic carbocycles. The second-order valence-electron chi connectivity index (χ2n) is 3.31. The molecular formula is C13H7BrINO. The van der Waals surface area contributed by atoms with Crippen molar-refractivity contribution in [3.63, 3.8) is 0 Å². The number of rotatable bonds is 2. The first-order valence-electron chi connectivity index (χ1n) is 4.83. The summed E-state index contributed by atoms with van der Waals surface area (Å²) in [6.07, 6.45) is 1.74. The summed E-state index contributed by atoms with van der Waals surface area (Å²) in [5.74, 6) is 0.668. The maximum atomic E-state index is 9.14. The Morgan fingerprint density at radius 2 is 2.06 bits per heavy atom. The van der Waals surface area contributed by atoms with E-state index in [0.29, 0.717) is 11.3 Å². The van der Waals surface area contributed by atoms with Gasteiger partial charge in [-0.05, 0) is 33.6 Å². The summed E-state index contributed by atoms with van der Waals surface area (Å²) in [5.41, 5.74) is 1.47. The predicted octanol–water partition coefficient (Wildman–Crippen LogP) is 4.71. The molecule has 0 bridgehead atoms. The van der Waals surface area contributed by atoms with Gasteiger partial charge in [-0.25, -0.2) is 0 Å². The minimum absolute atomic E-state index is 0.586. The number of nitrogens with zero attached hydrogens (tertiary/aromatic N) is 1. The van der Waals surface area contributed by atoms with Gasteiger partial charge in [0, 0.05) is 22.6 Å². The van der Waals surface area contributed by atoms with E-state index in [4.69, 9.17) is 9.68 Å². The summed E-state index contributed by atoms with van der Waals surface area (Å²) >= 11 is 5.46. The molecule has 1 aromatic carbocycles. The van der Waals surface area contributed by atoms with Crippen molar-refractivity contribution in [2.24, 2.45) is 0 Å². The topological polar surface area (TPSA) is 36.9 Å². The molecule has 0 amide bonds. The zero-order valence-electron chi connectivity index (χ0n) is 8.65. The monoisotopic (exact) mass is 399 g/mol. The summed E-state index contributed by atoms with van der Waals surface area (Å²) in [5, 5.41) is 9.14. The molecule has 2 rings (SSSR count). The molecule has 84 valence electrons. The summed E-state index contributed by atoms with van der Waals surface area (Å²) in [6.45, 7) is 0. The van der Waals surface area contributed by atoms with Crippen LogP contribution >= 0.6 is 38.5 Å². The quantitative estimate of drug-likeness (QED) is 0.541. The van der Waals surface area contributed by atoms with Gasteiger partial charge in [-0.15, -0.1) is 0 Å². The highest BCUT2D eigenvalue weighted by atomic mass is 127. The molecule has 0 spiro atoms. The number of hydrogen-bond acceptors (Lipinski definition) is 2.